The molecule has 5 heterocycles. The van der Waals surface area contributed by atoms with Gasteiger partial charge in [0.1, 0.15) is 57.4 Å². The van der Waals surface area contributed by atoms with Gasteiger partial charge in [-0.3, -0.25) is 0 Å². The Labute approximate surface area is 458 Å². The summed E-state index contributed by atoms with van der Waals surface area (Å²) in [5.74, 6) is 0. The van der Waals surface area contributed by atoms with E-state index in [0.717, 1.165) is 89.8 Å². The van der Waals surface area contributed by atoms with Gasteiger partial charge in [0, 0.05) is 22.5 Å². The predicted octanol–water partition coefficient (Wildman–Crippen LogP) is 15.6. The zero-order chi connectivity index (χ0) is 53.8. The summed E-state index contributed by atoms with van der Waals surface area (Å²) in [6.45, 7) is 0. The van der Waals surface area contributed by atoms with E-state index < -0.39 is 0 Å². The molecule has 0 saturated carbocycles. The average Bonchev–Trinajstić information content (AvgIpc) is 3.97. The fourth-order valence-corrected chi connectivity index (χ4v) is 10.8. The van der Waals surface area contributed by atoms with E-state index in [1.54, 1.807) is 0 Å². The van der Waals surface area contributed by atoms with Gasteiger partial charge in [0.25, 0.3) is 0 Å². The highest BCUT2D eigenvalue weighted by molar-refractivity contribution is 6.19. The van der Waals surface area contributed by atoms with Crippen LogP contribution in [-0.4, -0.2) is 29.9 Å². The van der Waals surface area contributed by atoms with Gasteiger partial charge in [0.15, 0.2) is 22.8 Å². The average molecular weight is 1020 g/mol. The monoisotopic (exact) mass is 1020 g/mol. The molecule has 2 aliphatic rings. The van der Waals surface area contributed by atoms with Gasteiger partial charge in [-0.25, -0.2) is 29.9 Å². The van der Waals surface area contributed by atoms with Crippen LogP contribution in [0, 0.1) is 45.3 Å². The Bertz CT molecular complexity index is 4400. The van der Waals surface area contributed by atoms with E-state index in [1.807, 2.05) is 72.8 Å². The van der Waals surface area contributed by atoms with Gasteiger partial charge in [0.05, 0.1) is 34.1 Å². The molecule has 0 radical (unpaired) electrons. The third kappa shape index (κ3) is 7.74. The van der Waals surface area contributed by atoms with Crippen LogP contribution < -0.4 is 9.80 Å². The second-order valence-electron chi connectivity index (χ2n) is 19.1. The van der Waals surface area contributed by atoms with Crippen molar-refractivity contribution in [2.24, 2.45) is 0 Å². The fourth-order valence-electron chi connectivity index (χ4n) is 10.8. The van der Waals surface area contributed by atoms with Crippen LogP contribution >= 0.6 is 0 Å². The van der Waals surface area contributed by atoms with Crippen molar-refractivity contribution in [3.8, 4) is 69.0 Å². The summed E-state index contributed by atoms with van der Waals surface area (Å²) < 4.78 is 0. The van der Waals surface area contributed by atoms with Crippen molar-refractivity contribution in [1.82, 2.24) is 29.9 Å². The van der Waals surface area contributed by atoms with Gasteiger partial charge in [-0.05, 0) is 93.0 Å². The number of aromatic nitrogens is 6. The smallest absolute Gasteiger partial charge is 0.177 e. The summed E-state index contributed by atoms with van der Waals surface area (Å²) in [4.78, 5) is 33.6. The summed E-state index contributed by atoms with van der Waals surface area (Å²) in [6.07, 6.45) is 8.64. The van der Waals surface area contributed by atoms with Crippen molar-refractivity contribution >= 4 is 91.5 Å². The van der Waals surface area contributed by atoms with Crippen molar-refractivity contribution in [1.29, 1.82) is 21.0 Å². The highest BCUT2D eigenvalue weighted by Crippen LogP contribution is 2.45. The minimum atomic E-state index is -0.235. The first-order chi connectivity index (χ1) is 39.5. The van der Waals surface area contributed by atoms with Gasteiger partial charge >= 0.3 is 0 Å². The zero-order valence-electron chi connectivity index (χ0n) is 42.2. The lowest BCUT2D eigenvalue weighted by Gasteiger charge is -2.27. The van der Waals surface area contributed by atoms with Gasteiger partial charge in [-0.15, -0.1) is 0 Å². The molecule has 0 fully saturated rings. The van der Waals surface area contributed by atoms with E-state index in [4.69, 9.17) is 9.97 Å². The molecular weight excluding hydrogens is 985 g/mol. The number of para-hydroxylation sites is 4. The zero-order valence-corrected chi connectivity index (χ0v) is 42.2. The molecule has 368 valence electrons. The van der Waals surface area contributed by atoms with Crippen LogP contribution in [0.3, 0.4) is 0 Å². The lowest BCUT2D eigenvalue weighted by atomic mass is 9.97. The third-order valence-corrected chi connectivity index (χ3v) is 14.6. The summed E-state index contributed by atoms with van der Waals surface area (Å²) in [7, 11) is 0. The number of nitriles is 4. The molecule has 0 N–H and O–H groups in total. The molecular formula is C68H36N12. The van der Waals surface area contributed by atoms with Crippen LogP contribution in [0.15, 0.2) is 194 Å². The molecule has 3 aromatic heterocycles. The molecule has 0 spiro atoms. The van der Waals surface area contributed by atoms with E-state index in [1.165, 1.54) is 0 Å². The molecule has 80 heavy (non-hydrogen) atoms. The van der Waals surface area contributed by atoms with Gasteiger partial charge < -0.3 is 9.80 Å². The van der Waals surface area contributed by atoms with Crippen LogP contribution in [-0.2, 0) is 0 Å². The number of hydrogen-bond acceptors (Lipinski definition) is 12. The maximum atomic E-state index is 10.2. The van der Waals surface area contributed by atoms with Gasteiger partial charge in [-0.1, -0.05) is 170 Å². The van der Waals surface area contributed by atoms with Crippen molar-refractivity contribution in [2.45, 2.75) is 0 Å². The fraction of sp³-hybridized carbons (Fsp3) is 0. The highest BCUT2D eigenvalue weighted by Gasteiger charge is 2.26. The molecule has 14 rings (SSSR count). The Morgan fingerprint density at radius 3 is 0.738 bits per heavy atom. The summed E-state index contributed by atoms with van der Waals surface area (Å²) in [6, 6.07) is 74.7. The number of fused-ring (bicyclic) bond motifs is 10. The molecule has 0 saturated heterocycles. The number of benzene rings is 9. The van der Waals surface area contributed by atoms with Crippen molar-refractivity contribution in [3.05, 3.63) is 239 Å². The van der Waals surface area contributed by atoms with E-state index >= 15 is 0 Å². The number of nitrogens with zero attached hydrogens (tertiary/aromatic N) is 12. The Kier molecular flexibility index (Phi) is 11.1. The highest BCUT2D eigenvalue weighted by atomic mass is 15.2. The molecule has 0 atom stereocenters. The van der Waals surface area contributed by atoms with Crippen LogP contribution in [0.2, 0.25) is 0 Å². The first kappa shape index (κ1) is 46.6. The van der Waals surface area contributed by atoms with Crippen molar-refractivity contribution in [3.63, 3.8) is 0 Å². The minimum absolute atomic E-state index is 0.0862. The molecule has 0 unspecified atom stereocenters. The summed E-state index contributed by atoms with van der Waals surface area (Å²) in [5.41, 5.74) is 17.3. The maximum Gasteiger partial charge on any atom is 0.177 e. The van der Waals surface area contributed by atoms with Crippen LogP contribution in [0.25, 0.3) is 102 Å². The van der Waals surface area contributed by atoms with Crippen LogP contribution in [0.5, 0.6) is 0 Å². The summed E-state index contributed by atoms with van der Waals surface area (Å²) in [5, 5.41) is 40.4. The van der Waals surface area contributed by atoms with Gasteiger partial charge in [0.2, 0.25) is 0 Å². The maximum absolute atomic E-state index is 10.2. The molecule has 0 aliphatic carbocycles. The van der Waals surface area contributed by atoms with E-state index in [0.29, 0.717) is 11.4 Å². The Morgan fingerprint density at radius 1 is 0.250 bits per heavy atom. The molecule has 9 aromatic carbocycles. The van der Waals surface area contributed by atoms with Crippen LogP contribution in [0.1, 0.15) is 45.0 Å². The Balaban J connectivity index is 0.885. The molecule has 2 aliphatic heterocycles. The molecule has 0 bridgehead atoms. The second-order valence-corrected chi connectivity index (χ2v) is 19.1. The second kappa shape index (κ2) is 19.0. The number of hydrogen-bond donors (Lipinski definition) is 0. The van der Waals surface area contributed by atoms with E-state index in [9.17, 15) is 21.0 Å². The lowest BCUT2D eigenvalue weighted by molar-refractivity contribution is 1.17. The summed E-state index contributed by atoms with van der Waals surface area (Å²) >= 11 is 0. The molecule has 12 heteroatoms. The number of anilines is 6. The topological polar surface area (TPSA) is 179 Å². The first-order valence-corrected chi connectivity index (χ1v) is 25.6. The Morgan fingerprint density at radius 2 is 0.475 bits per heavy atom. The third-order valence-electron chi connectivity index (χ3n) is 14.6. The molecule has 12 aromatic rings. The Hall–Kier alpha value is -12.0. The largest absolute Gasteiger partial charge is 0.309 e. The normalized spacial score (nSPS) is 12.1. The minimum Gasteiger partial charge on any atom is -0.309 e. The quantitative estimate of drug-likeness (QED) is 0.144. The predicted molar refractivity (Wildman–Crippen MR) is 314 cm³/mol. The van der Waals surface area contributed by atoms with E-state index in [2.05, 4.69) is 200 Å². The van der Waals surface area contributed by atoms with Crippen molar-refractivity contribution < 1.29 is 0 Å². The SMILES string of the molecule is N#Cc1nc2c3nc(C#N)c(C#N)nc3c3nc(-c4ccc(-c5ccc(N6c7ccccc7C=Cc7ccccc76)cc5)cc4)c(-c4ccc(-c5ccc(N6c7ccccc7C=Cc7ccccc76)cc5)cc4)nc3c2nc1C#N. The molecule has 0 amide bonds. The van der Waals surface area contributed by atoms with Crippen LogP contribution in [0.4, 0.5) is 34.1 Å². The van der Waals surface area contributed by atoms with Gasteiger partial charge in [-0.2, -0.15) is 21.0 Å². The molecule has 12 nitrogen and oxygen atoms in total. The first-order valence-electron chi connectivity index (χ1n) is 25.6. The standard InChI is InChI=1S/C68H36N12/c69-37-53-55(39-71)75-65-63(73-53)64-66(76-56(40-72)54(38-70)74-64)68-67(65)77-61(49-25-17-41(18-26-49)43-29-33-51(34-30-43)79-57-13-5-1-9-45(57)21-22-46-10-2-6-14-58(46)79)62(78-68)50-27-19-42(20-28-50)44-31-35-52(36-32-44)80-59-15-7-3-11-47(59)23-24-48-12-4-8-16-60(48)80/h1-36H. The lowest BCUT2D eigenvalue weighted by Crippen LogP contribution is -2.11. The van der Waals surface area contributed by atoms with Crippen molar-refractivity contribution in [2.75, 3.05) is 9.80 Å². The number of rotatable bonds is 6. The van der Waals surface area contributed by atoms with E-state index in [-0.39, 0.29) is 55.9 Å².